The number of benzene rings is 2. The number of hydrogen-bond acceptors (Lipinski definition) is 5. The molecule has 7 nitrogen and oxygen atoms in total. The Labute approximate surface area is 165 Å². The fourth-order valence-corrected chi connectivity index (χ4v) is 4.18. The van der Waals surface area contributed by atoms with Crippen LogP contribution in [0.4, 0.5) is 18.0 Å². The second kappa shape index (κ2) is 8.19. The van der Waals surface area contributed by atoms with Crippen molar-refractivity contribution in [2.45, 2.75) is 30.6 Å². The third kappa shape index (κ3) is 7.18. The molecule has 2 rings (SSSR count). The van der Waals surface area contributed by atoms with E-state index in [1.54, 1.807) is 0 Å². The van der Waals surface area contributed by atoms with Gasteiger partial charge in [0.15, 0.2) is 9.84 Å². The zero-order chi connectivity index (χ0) is 21.9. The maximum absolute atomic E-state index is 12.5. The summed E-state index contributed by atoms with van der Waals surface area (Å²) in [4.78, 5) is 10.7. The van der Waals surface area contributed by atoms with Gasteiger partial charge in [-0.2, -0.15) is 0 Å². The molecule has 0 fully saturated rings. The molecule has 0 aliphatic heterocycles. The summed E-state index contributed by atoms with van der Waals surface area (Å²) in [5.41, 5.74) is -1.19. The molecule has 0 unspecified atom stereocenters. The fourth-order valence-electron chi connectivity index (χ4n) is 2.44. The van der Waals surface area contributed by atoms with Crippen molar-refractivity contribution in [3.05, 3.63) is 48.5 Å². The lowest BCUT2D eigenvalue weighted by atomic mass is 10.1. The van der Waals surface area contributed by atoms with Crippen LogP contribution in [0, 0.1) is 0 Å². The van der Waals surface area contributed by atoms with E-state index in [0.29, 0.717) is 0 Å². The summed E-state index contributed by atoms with van der Waals surface area (Å²) in [7, 11) is -3.78. The normalized spacial score (nSPS) is 12.3. The number of carboxylic acid groups (broad SMARTS) is 1. The molecule has 2 aromatic carbocycles. The van der Waals surface area contributed by atoms with Gasteiger partial charge in [0.2, 0.25) is 0 Å². The van der Waals surface area contributed by atoms with E-state index in [4.69, 9.17) is 9.84 Å². The van der Waals surface area contributed by atoms with E-state index in [2.05, 4.69) is 10.1 Å². The summed E-state index contributed by atoms with van der Waals surface area (Å²) < 4.78 is 70.6. The van der Waals surface area contributed by atoms with Crippen LogP contribution in [0.25, 0.3) is 0 Å². The number of halogens is 3. The minimum absolute atomic E-state index is 0.0287. The summed E-state index contributed by atoms with van der Waals surface area (Å²) in [6.45, 7) is 2.89. The maximum atomic E-state index is 12.5. The van der Waals surface area contributed by atoms with Gasteiger partial charge in [0.05, 0.1) is 16.2 Å². The SMILES string of the molecule is CC(C)(CS(=O)(=O)c1ccc(Oc2ccc(OC(F)(F)F)cc2)cc1)NC(=O)O. The third-order valence-electron chi connectivity index (χ3n) is 3.47. The van der Waals surface area contributed by atoms with Crippen molar-refractivity contribution in [3.63, 3.8) is 0 Å². The van der Waals surface area contributed by atoms with Crippen molar-refractivity contribution >= 4 is 15.9 Å². The van der Waals surface area contributed by atoms with Gasteiger partial charge in [-0.3, -0.25) is 0 Å². The lowest BCUT2D eigenvalue weighted by Crippen LogP contribution is -2.47. The van der Waals surface area contributed by atoms with Crippen molar-refractivity contribution in [1.29, 1.82) is 0 Å². The molecule has 0 spiro atoms. The molecule has 0 atom stereocenters. The van der Waals surface area contributed by atoms with Crippen LogP contribution in [-0.2, 0) is 9.84 Å². The van der Waals surface area contributed by atoms with Gasteiger partial charge >= 0.3 is 12.5 Å². The highest BCUT2D eigenvalue weighted by Gasteiger charge is 2.31. The Morgan fingerprint density at radius 3 is 1.86 bits per heavy atom. The second-order valence-electron chi connectivity index (χ2n) is 6.67. The van der Waals surface area contributed by atoms with E-state index in [1.807, 2.05) is 0 Å². The molecule has 158 valence electrons. The molecule has 29 heavy (non-hydrogen) atoms. The Kier molecular flexibility index (Phi) is 6.31. The third-order valence-corrected chi connectivity index (χ3v) is 5.56. The van der Waals surface area contributed by atoms with Crippen molar-refractivity contribution in [3.8, 4) is 17.2 Å². The maximum Gasteiger partial charge on any atom is 0.573 e. The average Bonchev–Trinajstić information content (AvgIpc) is 2.53. The number of sulfone groups is 1. The van der Waals surface area contributed by atoms with Gasteiger partial charge in [-0.1, -0.05) is 0 Å². The first-order valence-corrected chi connectivity index (χ1v) is 9.79. The van der Waals surface area contributed by atoms with E-state index >= 15 is 0 Å². The van der Waals surface area contributed by atoms with Crippen LogP contribution in [0.3, 0.4) is 0 Å². The Hall–Kier alpha value is -2.95. The number of nitrogens with one attached hydrogen (secondary N) is 1. The van der Waals surface area contributed by atoms with Crippen LogP contribution in [0.15, 0.2) is 53.4 Å². The highest BCUT2D eigenvalue weighted by atomic mass is 32.2. The highest BCUT2D eigenvalue weighted by Crippen LogP contribution is 2.28. The van der Waals surface area contributed by atoms with Gasteiger partial charge in [0.25, 0.3) is 0 Å². The lowest BCUT2D eigenvalue weighted by Gasteiger charge is -2.24. The number of hydrogen-bond donors (Lipinski definition) is 2. The van der Waals surface area contributed by atoms with Crippen molar-refractivity contribution in [2.75, 3.05) is 5.75 Å². The minimum atomic E-state index is -4.79. The first-order valence-electron chi connectivity index (χ1n) is 8.13. The van der Waals surface area contributed by atoms with Gasteiger partial charge in [0, 0.05) is 0 Å². The van der Waals surface area contributed by atoms with Crippen LogP contribution in [0.1, 0.15) is 13.8 Å². The van der Waals surface area contributed by atoms with E-state index < -0.39 is 39.3 Å². The molecule has 0 bridgehead atoms. The van der Waals surface area contributed by atoms with Gasteiger partial charge < -0.3 is 19.9 Å². The molecule has 0 aliphatic rings. The summed E-state index contributed by atoms with van der Waals surface area (Å²) in [6.07, 6.45) is -6.13. The van der Waals surface area contributed by atoms with E-state index in [1.165, 1.54) is 50.2 Å². The molecular formula is C18H18F3NO6S. The first kappa shape index (κ1) is 22.3. The quantitative estimate of drug-likeness (QED) is 0.679. The first-order chi connectivity index (χ1) is 13.3. The molecule has 1 amide bonds. The van der Waals surface area contributed by atoms with E-state index in [9.17, 15) is 26.4 Å². The number of ether oxygens (including phenoxy) is 2. The zero-order valence-corrected chi connectivity index (χ0v) is 16.2. The van der Waals surface area contributed by atoms with Gasteiger partial charge in [-0.15, -0.1) is 13.2 Å². The molecular weight excluding hydrogens is 415 g/mol. The summed E-state index contributed by atoms with van der Waals surface area (Å²) in [6, 6.07) is 10.1. The highest BCUT2D eigenvalue weighted by molar-refractivity contribution is 7.91. The molecule has 0 aliphatic carbocycles. The predicted octanol–water partition coefficient (Wildman–Crippen LogP) is 4.20. The molecule has 0 saturated heterocycles. The predicted molar refractivity (Wildman–Crippen MR) is 96.9 cm³/mol. The van der Waals surface area contributed by atoms with Gasteiger partial charge in [-0.25, -0.2) is 13.2 Å². The van der Waals surface area contributed by atoms with Crippen molar-refractivity contribution in [2.24, 2.45) is 0 Å². The fraction of sp³-hybridized carbons (Fsp3) is 0.278. The van der Waals surface area contributed by atoms with Crippen LogP contribution < -0.4 is 14.8 Å². The second-order valence-corrected chi connectivity index (χ2v) is 8.66. The molecule has 2 N–H and O–H groups in total. The van der Waals surface area contributed by atoms with Crippen LogP contribution in [0.2, 0.25) is 0 Å². The average molecular weight is 433 g/mol. The monoisotopic (exact) mass is 433 g/mol. The number of rotatable bonds is 7. The van der Waals surface area contributed by atoms with Crippen LogP contribution in [0.5, 0.6) is 17.2 Å². The Bertz CT molecular complexity index is 955. The molecule has 0 saturated carbocycles. The largest absolute Gasteiger partial charge is 0.573 e. The number of carbonyl (C=O) groups is 1. The number of amides is 1. The molecule has 11 heteroatoms. The molecule has 0 radical (unpaired) electrons. The Morgan fingerprint density at radius 2 is 1.41 bits per heavy atom. The number of alkyl halides is 3. The summed E-state index contributed by atoms with van der Waals surface area (Å²) in [5, 5.41) is 10.9. The van der Waals surface area contributed by atoms with E-state index in [-0.39, 0.29) is 16.4 Å². The van der Waals surface area contributed by atoms with Crippen LogP contribution >= 0.6 is 0 Å². The molecule has 0 aromatic heterocycles. The Balaban J connectivity index is 2.07. The lowest BCUT2D eigenvalue weighted by molar-refractivity contribution is -0.274. The summed E-state index contributed by atoms with van der Waals surface area (Å²) in [5.74, 6) is -0.366. The van der Waals surface area contributed by atoms with E-state index in [0.717, 1.165) is 12.1 Å². The standard InChI is InChI=1S/C18H18F3NO6S/c1-17(2,22-16(23)24)11-29(25,26)15-9-7-13(8-10-15)27-12-3-5-14(6-4-12)28-18(19,20)21/h3-10,22H,11H2,1-2H3,(H,23,24). The van der Waals surface area contributed by atoms with Crippen molar-refractivity contribution < 1.29 is 41.0 Å². The Morgan fingerprint density at radius 1 is 0.966 bits per heavy atom. The van der Waals surface area contributed by atoms with Gasteiger partial charge in [0.1, 0.15) is 17.2 Å². The smallest absolute Gasteiger partial charge is 0.465 e. The molecule has 2 aromatic rings. The van der Waals surface area contributed by atoms with Crippen molar-refractivity contribution in [1.82, 2.24) is 5.32 Å². The van der Waals surface area contributed by atoms with Gasteiger partial charge in [-0.05, 0) is 62.4 Å². The summed E-state index contributed by atoms with van der Waals surface area (Å²) >= 11 is 0. The topological polar surface area (TPSA) is 102 Å². The molecule has 0 heterocycles. The zero-order valence-electron chi connectivity index (χ0n) is 15.4. The minimum Gasteiger partial charge on any atom is -0.465 e. The van der Waals surface area contributed by atoms with Crippen LogP contribution in [-0.4, -0.2) is 37.3 Å².